The molecule has 0 saturated heterocycles. The summed E-state index contributed by atoms with van der Waals surface area (Å²) in [5, 5.41) is 8.81. The third kappa shape index (κ3) is 2.32. The molecule has 0 bridgehead atoms. The fourth-order valence-electron chi connectivity index (χ4n) is 0.944. The van der Waals surface area contributed by atoms with Crippen molar-refractivity contribution in [3.05, 3.63) is 36.0 Å². The molecular weight excluding hydrogens is 182 g/mol. The quantitative estimate of drug-likeness (QED) is 0.738. The minimum Gasteiger partial charge on any atom is -0.477 e. The summed E-state index contributed by atoms with van der Waals surface area (Å²) in [4.78, 5) is 14.7. The predicted octanol–water partition coefficient (Wildman–Crippen LogP) is 1.65. The highest BCUT2D eigenvalue weighted by molar-refractivity contribution is 5.90. The summed E-state index contributed by atoms with van der Waals surface area (Å²) >= 11 is 0. The summed E-state index contributed by atoms with van der Waals surface area (Å²) < 4.78 is 5.12. The molecule has 0 fully saturated rings. The molecule has 0 aliphatic carbocycles. The molecule has 1 N–H and O–H groups in total. The van der Waals surface area contributed by atoms with E-state index in [1.54, 1.807) is 13.0 Å². The first kappa shape index (κ1) is 10.2. The van der Waals surface area contributed by atoms with Crippen LogP contribution in [0.15, 0.2) is 24.8 Å². The lowest BCUT2D eigenvalue weighted by Crippen LogP contribution is -2.05. The highest BCUT2D eigenvalue weighted by Gasteiger charge is 2.12. The molecule has 0 unspecified atom stereocenters. The van der Waals surface area contributed by atoms with Gasteiger partial charge >= 0.3 is 5.97 Å². The number of rotatable bonds is 4. The summed E-state index contributed by atoms with van der Waals surface area (Å²) in [7, 11) is 0. The van der Waals surface area contributed by atoms with Crippen LogP contribution in [0.5, 0.6) is 5.88 Å². The maximum atomic E-state index is 10.8. The Kier molecular flexibility index (Phi) is 3.23. The normalized spacial score (nSPS) is 9.50. The maximum Gasteiger partial charge on any atom is 0.341 e. The summed E-state index contributed by atoms with van der Waals surface area (Å²) in [5.74, 6) is -0.908. The molecule has 1 aromatic rings. The zero-order valence-corrected chi connectivity index (χ0v) is 7.86. The van der Waals surface area contributed by atoms with E-state index in [-0.39, 0.29) is 18.1 Å². The van der Waals surface area contributed by atoms with Crippen LogP contribution >= 0.6 is 0 Å². The van der Waals surface area contributed by atoms with Gasteiger partial charge < -0.3 is 9.84 Å². The second-order valence-electron chi connectivity index (χ2n) is 2.71. The molecule has 14 heavy (non-hydrogen) atoms. The van der Waals surface area contributed by atoms with E-state index in [1.807, 2.05) is 0 Å². The van der Waals surface area contributed by atoms with Gasteiger partial charge in [-0.3, -0.25) is 0 Å². The van der Waals surface area contributed by atoms with Gasteiger partial charge in [0.2, 0.25) is 5.88 Å². The molecule has 0 radical (unpaired) electrons. The van der Waals surface area contributed by atoms with E-state index in [9.17, 15) is 4.79 Å². The largest absolute Gasteiger partial charge is 0.477 e. The number of carboxylic acid groups (broad SMARTS) is 1. The molecular formula is C10H11NO3. The average molecular weight is 193 g/mol. The maximum absolute atomic E-state index is 10.8. The molecule has 0 spiro atoms. The van der Waals surface area contributed by atoms with E-state index < -0.39 is 5.97 Å². The van der Waals surface area contributed by atoms with Gasteiger partial charge in [0.25, 0.3) is 0 Å². The Morgan fingerprint density at radius 1 is 1.71 bits per heavy atom. The number of hydrogen-bond acceptors (Lipinski definition) is 3. The molecule has 0 amide bonds. The van der Waals surface area contributed by atoms with Crippen LogP contribution in [0, 0.1) is 6.92 Å². The van der Waals surface area contributed by atoms with E-state index in [4.69, 9.17) is 9.84 Å². The van der Waals surface area contributed by atoms with Gasteiger partial charge in [0.1, 0.15) is 12.2 Å². The number of ether oxygens (including phenoxy) is 1. The van der Waals surface area contributed by atoms with Crippen molar-refractivity contribution < 1.29 is 14.6 Å². The lowest BCUT2D eigenvalue weighted by Gasteiger charge is -2.06. The van der Waals surface area contributed by atoms with E-state index in [0.29, 0.717) is 5.69 Å². The molecule has 74 valence electrons. The summed E-state index contributed by atoms with van der Waals surface area (Å²) in [6.07, 6.45) is 1.54. The van der Waals surface area contributed by atoms with Crippen LogP contribution < -0.4 is 4.74 Å². The highest BCUT2D eigenvalue weighted by atomic mass is 16.5. The summed E-state index contributed by atoms with van der Waals surface area (Å²) in [6.45, 7) is 5.49. The molecule has 0 atom stereocenters. The molecule has 1 aromatic heterocycles. The van der Waals surface area contributed by atoms with Gasteiger partial charge in [0.15, 0.2) is 0 Å². The molecule has 4 heteroatoms. The van der Waals surface area contributed by atoms with Crippen molar-refractivity contribution in [3.63, 3.8) is 0 Å². The lowest BCUT2D eigenvalue weighted by molar-refractivity contribution is 0.0692. The highest BCUT2D eigenvalue weighted by Crippen LogP contribution is 2.15. The molecule has 0 saturated carbocycles. The van der Waals surface area contributed by atoms with Gasteiger partial charge in [-0.1, -0.05) is 12.7 Å². The van der Waals surface area contributed by atoms with Crippen LogP contribution in [0.4, 0.5) is 0 Å². The Morgan fingerprint density at radius 3 is 3.00 bits per heavy atom. The third-order valence-corrected chi connectivity index (χ3v) is 1.57. The lowest BCUT2D eigenvalue weighted by atomic mass is 10.2. The first-order valence-corrected chi connectivity index (χ1v) is 4.09. The van der Waals surface area contributed by atoms with Crippen LogP contribution in [0.3, 0.4) is 0 Å². The van der Waals surface area contributed by atoms with Crippen LogP contribution in [0.1, 0.15) is 16.1 Å². The van der Waals surface area contributed by atoms with Crippen LogP contribution in [0.2, 0.25) is 0 Å². The van der Waals surface area contributed by atoms with Crippen molar-refractivity contribution in [2.45, 2.75) is 6.92 Å². The Hall–Kier alpha value is -1.84. The number of carboxylic acids is 1. The number of aromatic nitrogens is 1. The average Bonchev–Trinajstić information content (AvgIpc) is 2.14. The van der Waals surface area contributed by atoms with E-state index >= 15 is 0 Å². The summed E-state index contributed by atoms with van der Waals surface area (Å²) in [5.41, 5.74) is 0.784. The summed E-state index contributed by atoms with van der Waals surface area (Å²) in [6, 6.07) is 3.10. The van der Waals surface area contributed by atoms with E-state index in [0.717, 1.165) is 0 Å². The van der Waals surface area contributed by atoms with Gasteiger partial charge in [0.05, 0.1) is 0 Å². The zero-order chi connectivity index (χ0) is 10.6. The van der Waals surface area contributed by atoms with Gasteiger partial charge in [-0.15, -0.1) is 0 Å². The van der Waals surface area contributed by atoms with Gasteiger partial charge in [0, 0.05) is 5.69 Å². The number of hydrogen-bond donors (Lipinski definition) is 1. The van der Waals surface area contributed by atoms with Crippen LogP contribution in [0.25, 0.3) is 0 Å². The number of nitrogens with zero attached hydrogens (tertiary/aromatic N) is 1. The number of pyridine rings is 1. The Morgan fingerprint density at radius 2 is 2.43 bits per heavy atom. The van der Waals surface area contributed by atoms with Gasteiger partial charge in [-0.05, 0) is 19.1 Å². The van der Waals surface area contributed by atoms with Crippen molar-refractivity contribution in [3.8, 4) is 5.88 Å². The standard InChI is InChI=1S/C10H11NO3/c1-3-6-14-9-8(10(12)13)5-4-7(2)11-9/h3-5H,1,6H2,2H3,(H,12,13). The first-order valence-electron chi connectivity index (χ1n) is 4.09. The Balaban J connectivity index is 3.02. The fraction of sp³-hybridized carbons (Fsp3) is 0.200. The topological polar surface area (TPSA) is 59.4 Å². The van der Waals surface area contributed by atoms with Crippen LogP contribution in [-0.4, -0.2) is 22.7 Å². The van der Waals surface area contributed by atoms with Gasteiger partial charge in [-0.25, -0.2) is 9.78 Å². The molecule has 1 heterocycles. The zero-order valence-electron chi connectivity index (χ0n) is 7.86. The fourth-order valence-corrected chi connectivity index (χ4v) is 0.944. The monoisotopic (exact) mass is 193 g/mol. The second-order valence-corrected chi connectivity index (χ2v) is 2.71. The predicted molar refractivity (Wildman–Crippen MR) is 51.6 cm³/mol. The number of carbonyl (C=O) groups is 1. The Bertz CT molecular complexity index is 360. The number of aryl methyl sites for hydroxylation is 1. The van der Waals surface area contributed by atoms with E-state index in [1.165, 1.54) is 12.1 Å². The van der Waals surface area contributed by atoms with Gasteiger partial charge in [-0.2, -0.15) is 0 Å². The minimum absolute atomic E-state index is 0.0671. The van der Waals surface area contributed by atoms with Crippen molar-refractivity contribution >= 4 is 5.97 Å². The van der Waals surface area contributed by atoms with E-state index in [2.05, 4.69) is 11.6 Å². The van der Waals surface area contributed by atoms with Crippen LogP contribution in [-0.2, 0) is 0 Å². The minimum atomic E-state index is -1.04. The Labute approximate surface area is 81.9 Å². The van der Waals surface area contributed by atoms with Crippen molar-refractivity contribution in [1.29, 1.82) is 0 Å². The van der Waals surface area contributed by atoms with Crippen molar-refractivity contribution in [2.24, 2.45) is 0 Å². The number of aromatic carboxylic acids is 1. The van der Waals surface area contributed by atoms with Crippen molar-refractivity contribution in [2.75, 3.05) is 6.61 Å². The molecule has 4 nitrogen and oxygen atoms in total. The molecule has 0 aliphatic heterocycles. The second kappa shape index (κ2) is 4.41. The molecule has 0 aliphatic rings. The molecule has 1 rings (SSSR count). The van der Waals surface area contributed by atoms with Crippen molar-refractivity contribution in [1.82, 2.24) is 4.98 Å². The molecule has 0 aromatic carbocycles. The third-order valence-electron chi connectivity index (χ3n) is 1.57. The first-order chi connectivity index (χ1) is 6.65. The SMILES string of the molecule is C=CCOc1nc(C)ccc1C(=O)O. The smallest absolute Gasteiger partial charge is 0.341 e.